The van der Waals surface area contributed by atoms with Crippen molar-refractivity contribution in [1.29, 1.82) is 0 Å². The van der Waals surface area contributed by atoms with Crippen LogP contribution in [-0.2, 0) is 11.2 Å². The second-order valence-electron chi connectivity index (χ2n) is 5.03. The summed E-state index contributed by atoms with van der Waals surface area (Å²) < 4.78 is 0. The zero-order valence-electron chi connectivity index (χ0n) is 12.1. The van der Waals surface area contributed by atoms with Crippen molar-refractivity contribution in [2.45, 2.75) is 6.42 Å². The Labute approximate surface area is 130 Å². The number of halogens is 1. The maximum atomic E-state index is 11.9. The molecule has 0 saturated carbocycles. The highest BCUT2D eigenvalue weighted by molar-refractivity contribution is 6.30. The standard InChI is InChI=1S/C17H19ClN2O/c1-20(12-11-14-5-3-2-4-6-14)13-17(21)19-16-9-7-15(18)8-10-16/h2-10H,11-13H2,1H3,(H,19,21). The van der Waals surface area contributed by atoms with Crippen molar-refractivity contribution in [1.82, 2.24) is 4.90 Å². The molecule has 0 heterocycles. The number of carbonyl (C=O) groups excluding carboxylic acids is 1. The molecule has 1 amide bonds. The summed E-state index contributed by atoms with van der Waals surface area (Å²) >= 11 is 5.81. The third-order valence-corrected chi connectivity index (χ3v) is 3.42. The Morgan fingerprint density at radius 2 is 1.76 bits per heavy atom. The van der Waals surface area contributed by atoms with E-state index in [0.717, 1.165) is 18.7 Å². The second kappa shape index (κ2) is 7.81. The van der Waals surface area contributed by atoms with Gasteiger partial charge in [0, 0.05) is 17.3 Å². The lowest BCUT2D eigenvalue weighted by molar-refractivity contribution is -0.117. The monoisotopic (exact) mass is 302 g/mol. The van der Waals surface area contributed by atoms with Crippen LogP contribution in [0, 0.1) is 0 Å². The van der Waals surface area contributed by atoms with Gasteiger partial charge in [0.2, 0.25) is 5.91 Å². The van der Waals surface area contributed by atoms with Crippen molar-refractivity contribution in [3.63, 3.8) is 0 Å². The first-order valence-electron chi connectivity index (χ1n) is 6.91. The van der Waals surface area contributed by atoms with Gasteiger partial charge in [-0.15, -0.1) is 0 Å². The highest BCUT2D eigenvalue weighted by Crippen LogP contribution is 2.13. The van der Waals surface area contributed by atoms with Gasteiger partial charge in [-0.05, 0) is 43.3 Å². The predicted molar refractivity (Wildman–Crippen MR) is 87.7 cm³/mol. The topological polar surface area (TPSA) is 32.3 Å². The fourth-order valence-electron chi connectivity index (χ4n) is 2.02. The summed E-state index contributed by atoms with van der Waals surface area (Å²) in [4.78, 5) is 13.9. The first-order chi connectivity index (χ1) is 10.1. The van der Waals surface area contributed by atoms with Gasteiger partial charge in [-0.2, -0.15) is 0 Å². The van der Waals surface area contributed by atoms with Gasteiger partial charge in [-0.25, -0.2) is 0 Å². The van der Waals surface area contributed by atoms with Gasteiger partial charge in [-0.3, -0.25) is 9.69 Å². The summed E-state index contributed by atoms with van der Waals surface area (Å²) in [7, 11) is 1.95. The molecule has 0 saturated heterocycles. The molecule has 0 aliphatic heterocycles. The lowest BCUT2D eigenvalue weighted by atomic mass is 10.1. The molecule has 4 heteroatoms. The van der Waals surface area contributed by atoms with Crippen molar-refractivity contribution in [2.24, 2.45) is 0 Å². The second-order valence-corrected chi connectivity index (χ2v) is 5.46. The average molecular weight is 303 g/mol. The van der Waals surface area contributed by atoms with Gasteiger partial charge < -0.3 is 5.32 Å². The Morgan fingerprint density at radius 1 is 1.10 bits per heavy atom. The first-order valence-corrected chi connectivity index (χ1v) is 7.29. The molecule has 3 nitrogen and oxygen atoms in total. The Kier molecular flexibility index (Phi) is 5.78. The average Bonchev–Trinajstić information content (AvgIpc) is 2.48. The molecule has 0 radical (unpaired) electrons. The molecule has 0 fully saturated rings. The third-order valence-electron chi connectivity index (χ3n) is 3.17. The van der Waals surface area contributed by atoms with Crippen molar-refractivity contribution in [3.05, 3.63) is 65.2 Å². The third kappa shape index (κ3) is 5.58. The zero-order chi connectivity index (χ0) is 15.1. The Bertz CT molecular complexity index is 569. The molecule has 1 N–H and O–H groups in total. The maximum absolute atomic E-state index is 11.9. The van der Waals surface area contributed by atoms with Crippen LogP contribution in [0.1, 0.15) is 5.56 Å². The number of rotatable bonds is 6. The molecule has 0 bridgehead atoms. The van der Waals surface area contributed by atoms with Crippen molar-refractivity contribution in [2.75, 3.05) is 25.5 Å². The fourth-order valence-corrected chi connectivity index (χ4v) is 2.15. The number of amides is 1. The van der Waals surface area contributed by atoms with Crippen LogP contribution in [0.5, 0.6) is 0 Å². The number of nitrogens with one attached hydrogen (secondary N) is 1. The number of benzene rings is 2. The van der Waals surface area contributed by atoms with E-state index in [1.807, 2.05) is 30.1 Å². The van der Waals surface area contributed by atoms with Crippen LogP contribution < -0.4 is 5.32 Å². The molecule has 110 valence electrons. The summed E-state index contributed by atoms with van der Waals surface area (Å²) in [6.45, 7) is 1.22. The normalized spacial score (nSPS) is 10.6. The van der Waals surface area contributed by atoms with Gasteiger partial charge in [-0.1, -0.05) is 41.9 Å². The van der Waals surface area contributed by atoms with E-state index < -0.39 is 0 Å². The van der Waals surface area contributed by atoms with Gasteiger partial charge in [0.1, 0.15) is 0 Å². The van der Waals surface area contributed by atoms with Gasteiger partial charge in [0.05, 0.1) is 6.54 Å². The van der Waals surface area contributed by atoms with Crippen molar-refractivity contribution < 1.29 is 4.79 Å². The van der Waals surface area contributed by atoms with Crippen LogP contribution in [0.4, 0.5) is 5.69 Å². The van der Waals surface area contributed by atoms with Crippen LogP contribution in [0.3, 0.4) is 0 Å². The minimum absolute atomic E-state index is 0.0205. The van der Waals surface area contributed by atoms with Crippen LogP contribution >= 0.6 is 11.6 Å². The van der Waals surface area contributed by atoms with E-state index in [1.165, 1.54) is 5.56 Å². The molecular formula is C17H19ClN2O. The Hall–Kier alpha value is -1.84. The molecule has 2 rings (SSSR count). The van der Waals surface area contributed by atoms with E-state index >= 15 is 0 Å². The predicted octanol–water partition coefficient (Wildman–Crippen LogP) is 3.45. The molecule has 0 aliphatic carbocycles. The van der Waals surface area contributed by atoms with Crippen LogP contribution in [0.25, 0.3) is 0 Å². The smallest absolute Gasteiger partial charge is 0.238 e. The molecule has 2 aromatic carbocycles. The van der Waals surface area contributed by atoms with E-state index in [2.05, 4.69) is 17.4 Å². The minimum Gasteiger partial charge on any atom is -0.325 e. The van der Waals surface area contributed by atoms with Gasteiger partial charge in [0.15, 0.2) is 0 Å². The zero-order valence-corrected chi connectivity index (χ0v) is 12.8. The van der Waals surface area contributed by atoms with E-state index in [1.54, 1.807) is 24.3 Å². The number of likely N-dealkylation sites (N-methyl/N-ethyl adjacent to an activating group) is 1. The molecular weight excluding hydrogens is 284 g/mol. The summed E-state index contributed by atoms with van der Waals surface area (Å²) in [5, 5.41) is 3.52. The molecule has 0 spiro atoms. The molecule has 0 aliphatic rings. The first kappa shape index (κ1) is 15.5. The molecule has 0 aromatic heterocycles. The molecule has 2 aromatic rings. The molecule has 0 atom stereocenters. The number of hydrogen-bond acceptors (Lipinski definition) is 2. The highest BCUT2D eigenvalue weighted by atomic mass is 35.5. The largest absolute Gasteiger partial charge is 0.325 e. The van der Waals surface area contributed by atoms with E-state index in [0.29, 0.717) is 11.6 Å². The fraction of sp³-hybridized carbons (Fsp3) is 0.235. The number of nitrogens with zero attached hydrogens (tertiary/aromatic N) is 1. The van der Waals surface area contributed by atoms with E-state index in [-0.39, 0.29) is 5.91 Å². The van der Waals surface area contributed by atoms with E-state index in [4.69, 9.17) is 11.6 Å². The molecule has 0 unspecified atom stereocenters. The molecule has 21 heavy (non-hydrogen) atoms. The quantitative estimate of drug-likeness (QED) is 0.886. The van der Waals surface area contributed by atoms with Crippen LogP contribution in [0.2, 0.25) is 5.02 Å². The van der Waals surface area contributed by atoms with Crippen LogP contribution in [0.15, 0.2) is 54.6 Å². The Balaban J connectivity index is 1.75. The summed E-state index contributed by atoms with van der Waals surface area (Å²) in [5.41, 5.74) is 2.04. The maximum Gasteiger partial charge on any atom is 0.238 e. The summed E-state index contributed by atoms with van der Waals surface area (Å²) in [6, 6.07) is 17.4. The Morgan fingerprint density at radius 3 is 2.43 bits per heavy atom. The van der Waals surface area contributed by atoms with Crippen LogP contribution in [-0.4, -0.2) is 30.9 Å². The lowest BCUT2D eigenvalue weighted by Crippen LogP contribution is -2.31. The minimum atomic E-state index is -0.0205. The summed E-state index contributed by atoms with van der Waals surface area (Å²) in [6.07, 6.45) is 0.936. The number of anilines is 1. The summed E-state index contributed by atoms with van der Waals surface area (Å²) in [5.74, 6) is -0.0205. The highest BCUT2D eigenvalue weighted by Gasteiger charge is 2.07. The van der Waals surface area contributed by atoms with Gasteiger partial charge >= 0.3 is 0 Å². The number of hydrogen-bond donors (Lipinski definition) is 1. The van der Waals surface area contributed by atoms with E-state index in [9.17, 15) is 4.79 Å². The number of carbonyl (C=O) groups is 1. The van der Waals surface area contributed by atoms with Gasteiger partial charge in [0.25, 0.3) is 0 Å². The lowest BCUT2D eigenvalue weighted by Gasteiger charge is -2.16. The SMILES string of the molecule is CN(CCc1ccccc1)CC(=O)Nc1ccc(Cl)cc1. The van der Waals surface area contributed by atoms with Crippen molar-refractivity contribution in [3.8, 4) is 0 Å². The van der Waals surface area contributed by atoms with Crippen molar-refractivity contribution >= 4 is 23.2 Å².